The van der Waals surface area contributed by atoms with Crippen LogP contribution in [0.15, 0.2) is 211 Å². The molecule has 11 rings (SSSR count). The van der Waals surface area contributed by atoms with Crippen LogP contribution in [0.4, 0.5) is 0 Å². The number of fused-ring (bicyclic) bond motifs is 6. The Hall–Kier alpha value is -7.22. The van der Waals surface area contributed by atoms with Gasteiger partial charge >= 0.3 is 0 Å². The van der Waals surface area contributed by atoms with Crippen LogP contribution >= 0.6 is 0 Å². The standard InChI is InChI=1S/C54H34O/c1-2-13-35(14-3-1)40-31-32-49-51(34-40)55-50-24-12-23-43(54(49)50)37-26-28-38(29-27-37)52-45-19-8-10-21-47(45)53(48-22-11-9-20-46(48)52)44-18-7-6-17-42(44)41-30-25-36-15-4-5-16-39(36)33-41/h1-34H/i4D. The SMILES string of the molecule is [2H]c1ccc2cc(-c3ccccc3-c3c4ccccc4c(-c4ccc(-c5cccc6oc7cc(-c8ccccc8)ccc7c56)cc4)c4ccccc34)ccc2c1. The van der Waals surface area contributed by atoms with Crippen molar-refractivity contribution < 1.29 is 5.79 Å². The van der Waals surface area contributed by atoms with Crippen molar-refractivity contribution in [3.63, 3.8) is 0 Å². The van der Waals surface area contributed by atoms with E-state index in [2.05, 4.69) is 176 Å². The highest BCUT2D eigenvalue weighted by Crippen LogP contribution is 2.47. The average molecular weight is 700 g/mol. The highest BCUT2D eigenvalue weighted by molar-refractivity contribution is 6.22. The lowest BCUT2D eigenvalue weighted by Gasteiger charge is -2.20. The van der Waals surface area contributed by atoms with E-state index in [0.717, 1.165) is 55.0 Å². The van der Waals surface area contributed by atoms with E-state index in [0.29, 0.717) is 6.04 Å². The van der Waals surface area contributed by atoms with E-state index in [4.69, 9.17) is 5.79 Å². The summed E-state index contributed by atoms with van der Waals surface area (Å²) in [5, 5.41) is 9.38. The fraction of sp³-hybridized carbons (Fsp3) is 0. The summed E-state index contributed by atoms with van der Waals surface area (Å²) in [6.45, 7) is 0. The van der Waals surface area contributed by atoms with Crippen LogP contribution in [0.5, 0.6) is 0 Å². The summed E-state index contributed by atoms with van der Waals surface area (Å²) in [6, 6.07) is 71.9. The second kappa shape index (κ2) is 12.7. The predicted molar refractivity (Wildman–Crippen MR) is 233 cm³/mol. The molecule has 1 aromatic heterocycles. The molecule has 256 valence electrons. The van der Waals surface area contributed by atoms with Gasteiger partial charge in [-0.2, -0.15) is 0 Å². The second-order valence-electron chi connectivity index (χ2n) is 14.3. The van der Waals surface area contributed by atoms with Gasteiger partial charge in [0.1, 0.15) is 11.2 Å². The van der Waals surface area contributed by atoms with E-state index >= 15 is 0 Å². The van der Waals surface area contributed by atoms with E-state index in [1.54, 1.807) is 0 Å². The predicted octanol–water partition coefficient (Wildman–Crippen LogP) is 15.4. The lowest BCUT2D eigenvalue weighted by Crippen LogP contribution is -1.93. The first-order chi connectivity index (χ1) is 27.7. The van der Waals surface area contributed by atoms with Crippen LogP contribution in [0, 0.1) is 0 Å². The second-order valence-corrected chi connectivity index (χ2v) is 14.3. The van der Waals surface area contributed by atoms with Gasteiger partial charge in [0.15, 0.2) is 0 Å². The molecule has 0 atom stereocenters. The molecule has 0 N–H and O–H groups in total. The topological polar surface area (TPSA) is 13.1 Å². The van der Waals surface area contributed by atoms with Crippen LogP contribution in [0.1, 0.15) is 1.37 Å². The zero-order valence-corrected chi connectivity index (χ0v) is 30.0. The lowest BCUT2D eigenvalue weighted by atomic mass is 9.83. The molecule has 0 aliphatic carbocycles. The van der Waals surface area contributed by atoms with Gasteiger partial charge in [-0.25, -0.2) is 0 Å². The third-order valence-corrected chi connectivity index (χ3v) is 11.2. The molecule has 10 aromatic carbocycles. The minimum Gasteiger partial charge on any atom is -0.456 e. The monoisotopic (exact) mass is 699 g/mol. The Morgan fingerprint density at radius 1 is 0.309 bits per heavy atom. The minimum atomic E-state index is 0.528. The zero-order valence-electron chi connectivity index (χ0n) is 31.0. The van der Waals surface area contributed by atoms with Gasteiger partial charge in [-0.1, -0.05) is 182 Å². The Balaban J connectivity index is 1.06. The smallest absolute Gasteiger partial charge is 0.136 e. The van der Waals surface area contributed by atoms with Crippen molar-refractivity contribution in [2.45, 2.75) is 0 Å². The first-order valence-corrected chi connectivity index (χ1v) is 18.8. The first-order valence-electron chi connectivity index (χ1n) is 19.3. The summed E-state index contributed by atoms with van der Waals surface area (Å²) in [5.41, 5.74) is 13.6. The van der Waals surface area contributed by atoms with Gasteiger partial charge in [-0.3, -0.25) is 0 Å². The summed E-state index contributed by atoms with van der Waals surface area (Å²) in [4.78, 5) is 0. The molecule has 0 aliphatic rings. The summed E-state index contributed by atoms with van der Waals surface area (Å²) in [6.07, 6.45) is 0. The Kier molecular flexibility index (Phi) is 7.00. The van der Waals surface area contributed by atoms with E-state index in [1.807, 2.05) is 24.3 Å². The van der Waals surface area contributed by atoms with Gasteiger partial charge < -0.3 is 4.42 Å². The molecule has 0 amide bonds. The van der Waals surface area contributed by atoms with Crippen molar-refractivity contribution in [3.8, 4) is 55.6 Å². The highest BCUT2D eigenvalue weighted by atomic mass is 16.3. The third kappa shape index (κ3) is 5.16. The van der Waals surface area contributed by atoms with Crippen LogP contribution in [0.3, 0.4) is 0 Å². The van der Waals surface area contributed by atoms with Crippen molar-refractivity contribution in [3.05, 3.63) is 206 Å². The van der Waals surface area contributed by atoms with Crippen LogP contribution in [0.2, 0.25) is 0 Å². The molecule has 1 heteroatoms. The summed E-state index contributed by atoms with van der Waals surface area (Å²) in [5.74, 6) is 0. The molecular weight excluding hydrogens is 665 g/mol. The van der Waals surface area contributed by atoms with Crippen molar-refractivity contribution in [1.29, 1.82) is 0 Å². The zero-order chi connectivity index (χ0) is 37.2. The maximum absolute atomic E-state index is 8.10. The molecule has 0 aliphatic heterocycles. The van der Waals surface area contributed by atoms with Crippen LogP contribution < -0.4 is 0 Å². The molecular formula is C54H34O. The molecule has 0 saturated heterocycles. The molecule has 0 unspecified atom stereocenters. The van der Waals surface area contributed by atoms with E-state index in [1.165, 1.54) is 54.9 Å². The van der Waals surface area contributed by atoms with Crippen molar-refractivity contribution in [2.24, 2.45) is 0 Å². The molecule has 1 nitrogen and oxygen atoms in total. The number of furan rings is 1. The minimum absolute atomic E-state index is 0.528. The fourth-order valence-electron chi connectivity index (χ4n) is 8.67. The van der Waals surface area contributed by atoms with E-state index in [-0.39, 0.29) is 0 Å². The van der Waals surface area contributed by atoms with Crippen molar-refractivity contribution >= 4 is 54.3 Å². The Bertz CT molecular complexity index is 3240. The van der Waals surface area contributed by atoms with Crippen LogP contribution in [-0.2, 0) is 0 Å². The van der Waals surface area contributed by atoms with Crippen LogP contribution in [-0.4, -0.2) is 0 Å². The molecule has 0 spiro atoms. The molecule has 1 heterocycles. The molecule has 55 heavy (non-hydrogen) atoms. The fourth-order valence-corrected chi connectivity index (χ4v) is 8.67. The summed E-state index contributed by atoms with van der Waals surface area (Å²) < 4.78 is 14.6. The largest absolute Gasteiger partial charge is 0.456 e. The number of hydrogen-bond acceptors (Lipinski definition) is 1. The van der Waals surface area contributed by atoms with Gasteiger partial charge in [0.05, 0.1) is 1.37 Å². The molecule has 0 saturated carbocycles. The maximum atomic E-state index is 8.10. The van der Waals surface area contributed by atoms with Gasteiger partial charge in [0, 0.05) is 10.8 Å². The quantitative estimate of drug-likeness (QED) is 0.163. The Labute approximate surface area is 320 Å². The summed E-state index contributed by atoms with van der Waals surface area (Å²) in [7, 11) is 0. The first kappa shape index (κ1) is 30.3. The van der Waals surface area contributed by atoms with E-state index < -0.39 is 0 Å². The van der Waals surface area contributed by atoms with Gasteiger partial charge in [-0.05, 0) is 112 Å². The van der Waals surface area contributed by atoms with E-state index in [9.17, 15) is 0 Å². The molecule has 11 aromatic rings. The van der Waals surface area contributed by atoms with Gasteiger partial charge in [0.2, 0.25) is 0 Å². The molecule has 0 radical (unpaired) electrons. The highest BCUT2D eigenvalue weighted by Gasteiger charge is 2.20. The Morgan fingerprint density at radius 3 is 1.69 bits per heavy atom. The third-order valence-electron chi connectivity index (χ3n) is 11.2. The van der Waals surface area contributed by atoms with Gasteiger partial charge in [0.25, 0.3) is 0 Å². The van der Waals surface area contributed by atoms with Gasteiger partial charge in [-0.15, -0.1) is 0 Å². The average Bonchev–Trinajstić information content (AvgIpc) is 3.64. The van der Waals surface area contributed by atoms with Crippen molar-refractivity contribution in [2.75, 3.05) is 0 Å². The lowest BCUT2D eigenvalue weighted by molar-refractivity contribution is 0.669. The normalized spacial score (nSPS) is 11.9. The number of hydrogen-bond donors (Lipinski definition) is 0. The van der Waals surface area contributed by atoms with Crippen LogP contribution in [0.25, 0.3) is 110 Å². The number of rotatable bonds is 5. The van der Waals surface area contributed by atoms with Crippen molar-refractivity contribution in [1.82, 2.24) is 0 Å². The Morgan fingerprint density at radius 2 is 0.927 bits per heavy atom. The molecule has 0 fully saturated rings. The summed E-state index contributed by atoms with van der Waals surface area (Å²) >= 11 is 0. The molecule has 0 bridgehead atoms. The number of benzene rings is 10. The maximum Gasteiger partial charge on any atom is 0.136 e.